The van der Waals surface area contributed by atoms with Crippen molar-refractivity contribution in [3.63, 3.8) is 0 Å². The zero-order chi connectivity index (χ0) is 15.0. The molecule has 1 heterocycles. The Morgan fingerprint density at radius 3 is 2.67 bits per heavy atom. The molecule has 0 bridgehead atoms. The van der Waals surface area contributed by atoms with Gasteiger partial charge < -0.3 is 4.90 Å². The first kappa shape index (κ1) is 13.3. The predicted molar refractivity (Wildman–Crippen MR) is 79.7 cm³/mol. The summed E-state index contributed by atoms with van der Waals surface area (Å²) >= 11 is 0. The van der Waals surface area contributed by atoms with E-state index in [2.05, 4.69) is 0 Å². The first-order valence-electron chi connectivity index (χ1n) is 6.73. The zero-order valence-corrected chi connectivity index (χ0v) is 11.6. The molecule has 0 spiro atoms. The Bertz CT molecular complexity index is 740. The molecule has 0 saturated carbocycles. The minimum atomic E-state index is -0.428. The number of hydrogen-bond donors (Lipinski definition) is 0. The lowest BCUT2D eigenvalue weighted by Gasteiger charge is -2.18. The molecule has 2 aromatic carbocycles. The minimum absolute atomic E-state index is 0.00747. The van der Waals surface area contributed by atoms with Crippen molar-refractivity contribution < 1.29 is 9.72 Å². The number of amides is 1. The maximum atomic E-state index is 12.7. The summed E-state index contributed by atoms with van der Waals surface area (Å²) < 4.78 is 0. The van der Waals surface area contributed by atoms with Gasteiger partial charge in [-0.25, -0.2) is 0 Å². The molecular weight excluding hydrogens is 268 g/mol. The fourth-order valence-corrected chi connectivity index (χ4v) is 2.74. The van der Waals surface area contributed by atoms with Gasteiger partial charge in [-0.15, -0.1) is 0 Å². The molecule has 0 fully saturated rings. The number of fused-ring (bicyclic) bond motifs is 1. The summed E-state index contributed by atoms with van der Waals surface area (Å²) in [7, 11) is 0. The van der Waals surface area contributed by atoms with Crippen LogP contribution in [0.2, 0.25) is 0 Å². The fraction of sp³-hybridized carbons (Fsp3) is 0.188. The normalized spacial score (nSPS) is 13.1. The van der Waals surface area contributed by atoms with Gasteiger partial charge in [0.1, 0.15) is 5.69 Å². The summed E-state index contributed by atoms with van der Waals surface area (Å²) in [6.45, 7) is 2.34. The van der Waals surface area contributed by atoms with Crippen LogP contribution < -0.4 is 4.90 Å². The minimum Gasteiger partial charge on any atom is -0.302 e. The van der Waals surface area contributed by atoms with Gasteiger partial charge in [0.15, 0.2) is 0 Å². The molecule has 106 valence electrons. The average molecular weight is 282 g/mol. The molecule has 0 atom stereocenters. The van der Waals surface area contributed by atoms with E-state index in [1.54, 1.807) is 18.2 Å². The number of nitro benzene ring substituents is 1. The highest BCUT2D eigenvalue weighted by Crippen LogP contribution is 2.37. The molecule has 1 aliphatic rings. The molecule has 3 rings (SSSR count). The van der Waals surface area contributed by atoms with E-state index in [1.165, 1.54) is 11.0 Å². The Labute approximate surface area is 122 Å². The van der Waals surface area contributed by atoms with Crippen molar-refractivity contribution in [2.24, 2.45) is 0 Å². The van der Waals surface area contributed by atoms with Crippen LogP contribution in [0, 0.1) is 17.0 Å². The summed E-state index contributed by atoms with van der Waals surface area (Å²) in [5.74, 6) is -0.179. The molecule has 0 aromatic heterocycles. The Balaban J connectivity index is 2.07. The molecule has 0 radical (unpaired) electrons. The first-order valence-corrected chi connectivity index (χ1v) is 6.73. The largest absolute Gasteiger partial charge is 0.302 e. The number of aryl methyl sites for hydroxylation is 1. The molecule has 21 heavy (non-hydrogen) atoms. The monoisotopic (exact) mass is 282 g/mol. The standard InChI is InChI=1S/C16H14N2O3/c1-11-5-2-3-7-13(11)16(19)17-10-9-12-6-4-8-14(15(12)17)18(20)21/h2-8H,9-10H2,1H3. The molecule has 0 saturated heterocycles. The number of para-hydroxylation sites is 1. The third kappa shape index (κ3) is 2.16. The lowest BCUT2D eigenvalue weighted by Crippen LogP contribution is -2.30. The number of nitro groups is 1. The Morgan fingerprint density at radius 1 is 1.19 bits per heavy atom. The lowest BCUT2D eigenvalue weighted by molar-refractivity contribution is -0.384. The van der Waals surface area contributed by atoms with Gasteiger partial charge in [-0.2, -0.15) is 0 Å². The van der Waals surface area contributed by atoms with Crippen molar-refractivity contribution >= 4 is 17.3 Å². The van der Waals surface area contributed by atoms with Crippen LogP contribution >= 0.6 is 0 Å². The Kier molecular flexibility index (Phi) is 3.17. The van der Waals surface area contributed by atoms with Crippen LogP contribution in [0.5, 0.6) is 0 Å². The van der Waals surface area contributed by atoms with Crippen molar-refractivity contribution in [2.45, 2.75) is 13.3 Å². The predicted octanol–water partition coefficient (Wildman–Crippen LogP) is 3.11. The van der Waals surface area contributed by atoms with E-state index in [4.69, 9.17) is 0 Å². The molecule has 1 aliphatic heterocycles. The van der Waals surface area contributed by atoms with E-state index in [0.29, 0.717) is 24.2 Å². The fourth-order valence-electron chi connectivity index (χ4n) is 2.74. The van der Waals surface area contributed by atoms with Gasteiger partial charge in [-0.05, 0) is 30.5 Å². The Hall–Kier alpha value is -2.69. The van der Waals surface area contributed by atoms with Gasteiger partial charge in [-0.3, -0.25) is 14.9 Å². The van der Waals surface area contributed by atoms with E-state index in [0.717, 1.165) is 11.1 Å². The van der Waals surface area contributed by atoms with Crippen LogP contribution in [0.4, 0.5) is 11.4 Å². The van der Waals surface area contributed by atoms with E-state index in [-0.39, 0.29) is 11.6 Å². The second-order valence-electron chi connectivity index (χ2n) is 5.06. The number of benzene rings is 2. The van der Waals surface area contributed by atoms with E-state index >= 15 is 0 Å². The van der Waals surface area contributed by atoms with Crippen molar-refractivity contribution in [1.29, 1.82) is 0 Å². The highest BCUT2D eigenvalue weighted by molar-refractivity contribution is 6.09. The smallest absolute Gasteiger partial charge is 0.293 e. The second-order valence-corrected chi connectivity index (χ2v) is 5.06. The molecule has 2 aromatic rings. The van der Waals surface area contributed by atoms with Crippen molar-refractivity contribution in [1.82, 2.24) is 0 Å². The van der Waals surface area contributed by atoms with E-state index in [9.17, 15) is 14.9 Å². The van der Waals surface area contributed by atoms with Crippen molar-refractivity contribution in [3.05, 3.63) is 69.3 Å². The van der Waals surface area contributed by atoms with Gasteiger partial charge in [0.25, 0.3) is 11.6 Å². The van der Waals surface area contributed by atoms with Crippen molar-refractivity contribution in [2.75, 3.05) is 11.4 Å². The van der Waals surface area contributed by atoms with Gasteiger partial charge in [0.05, 0.1) is 4.92 Å². The van der Waals surface area contributed by atoms with Crippen LogP contribution in [-0.2, 0) is 6.42 Å². The van der Waals surface area contributed by atoms with Crippen LogP contribution in [0.25, 0.3) is 0 Å². The van der Waals surface area contributed by atoms with Crippen molar-refractivity contribution in [3.8, 4) is 0 Å². The topological polar surface area (TPSA) is 63.5 Å². The first-order chi connectivity index (χ1) is 10.1. The highest BCUT2D eigenvalue weighted by Gasteiger charge is 2.32. The van der Waals surface area contributed by atoms with Gasteiger partial charge >= 0.3 is 0 Å². The van der Waals surface area contributed by atoms with Crippen LogP contribution in [0.3, 0.4) is 0 Å². The molecule has 0 unspecified atom stereocenters. The second kappa shape index (κ2) is 5.01. The SMILES string of the molecule is Cc1ccccc1C(=O)N1CCc2cccc([N+](=O)[O-])c21. The summed E-state index contributed by atoms with van der Waals surface area (Å²) in [5, 5.41) is 11.2. The number of carbonyl (C=O) groups excluding carboxylic acids is 1. The molecule has 1 amide bonds. The van der Waals surface area contributed by atoms with Crippen LogP contribution in [-0.4, -0.2) is 17.4 Å². The molecule has 0 aliphatic carbocycles. The highest BCUT2D eigenvalue weighted by atomic mass is 16.6. The molecule has 0 N–H and O–H groups in total. The summed E-state index contributed by atoms with van der Waals surface area (Å²) in [6, 6.07) is 12.2. The molecular formula is C16H14N2O3. The summed E-state index contributed by atoms with van der Waals surface area (Å²) in [5.41, 5.74) is 2.74. The quantitative estimate of drug-likeness (QED) is 0.628. The molecule has 5 nitrogen and oxygen atoms in total. The van der Waals surface area contributed by atoms with Gasteiger partial charge in [0.2, 0.25) is 0 Å². The van der Waals surface area contributed by atoms with Gasteiger partial charge in [-0.1, -0.05) is 30.3 Å². The maximum absolute atomic E-state index is 12.7. The number of carbonyl (C=O) groups is 1. The maximum Gasteiger partial charge on any atom is 0.293 e. The van der Waals surface area contributed by atoms with E-state index < -0.39 is 4.92 Å². The van der Waals surface area contributed by atoms with Crippen LogP contribution in [0.1, 0.15) is 21.5 Å². The summed E-state index contributed by atoms with van der Waals surface area (Å²) in [4.78, 5) is 25.0. The number of nitrogens with zero attached hydrogens (tertiary/aromatic N) is 2. The number of hydrogen-bond acceptors (Lipinski definition) is 3. The average Bonchev–Trinajstić information content (AvgIpc) is 2.90. The summed E-state index contributed by atoms with van der Waals surface area (Å²) in [6.07, 6.45) is 0.647. The third-order valence-electron chi connectivity index (χ3n) is 3.79. The van der Waals surface area contributed by atoms with Gasteiger partial charge in [0, 0.05) is 18.2 Å². The zero-order valence-electron chi connectivity index (χ0n) is 11.6. The molecule has 5 heteroatoms. The number of rotatable bonds is 2. The van der Waals surface area contributed by atoms with Crippen LogP contribution in [0.15, 0.2) is 42.5 Å². The lowest BCUT2D eigenvalue weighted by atomic mass is 10.1. The number of anilines is 1. The third-order valence-corrected chi connectivity index (χ3v) is 3.79. The Morgan fingerprint density at radius 2 is 1.95 bits per heavy atom. The van der Waals surface area contributed by atoms with E-state index in [1.807, 2.05) is 25.1 Å².